The van der Waals surface area contributed by atoms with Crippen LogP contribution in [0.3, 0.4) is 0 Å². The van der Waals surface area contributed by atoms with Crippen LogP contribution in [0, 0.1) is 0 Å². The third-order valence-electron chi connectivity index (χ3n) is 3.16. The predicted octanol–water partition coefficient (Wildman–Crippen LogP) is -0.772. The van der Waals surface area contributed by atoms with Crippen molar-refractivity contribution in [2.75, 3.05) is 13.1 Å². The molecule has 1 fully saturated rings. The van der Waals surface area contributed by atoms with Crippen molar-refractivity contribution < 1.29 is 9.59 Å². The van der Waals surface area contributed by atoms with Crippen LogP contribution >= 0.6 is 0 Å². The molecule has 0 radical (unpaired) electrons. The van der Waals surface area contributed by atoms with Crippen LogP contribution in [0.4, 0.5) is 0 Å². The Bertz CT molecular complexity index is 255. The zero-order valence-electron chi connectivity index (χ0n) is 10.8. The number of rotatable bonds is 8. The molecule has 104 valence electrons. The van der Waals surface area contributed by atoms with Gasteiger partial charge in [-0.3, -0.25) is 9.59 Å². The first-order chi connectivity index (χ1) is 8.69. The summed E-state index contributed by atoms with van der Waals surface area (Å²) in [7, 11) is 0. The number of piperazine rings is 1. The van der Waals surface area contributed by atoms with Gasteiger partial charge in [-0.2, -0.15) is 0 Å². The molecule has 1 aliphatic rings. The summed E-state index contributed by atoms with van der Waals surface area (Å²) in [5.41, 5.74) is 10.8. The number of nitrogens with one attached hydrogen (secondary N) is 2. The highest BCUT2D eigenvalue weighted by molar-refractivity contribution is 5.96. The van der Waals surface area contributed by atoms with Crippen LogP contribution in [-0.2, 0) is 9.59 Å². The van der Waals surface area contributed by atoms with Gasteiger partial charge in [-0.1, -0.05) is 0 Å². The number of nitrogens with two attached hydrogens (primary N) is 2. The molecule has 6 N–H and O–H groups in total. The molecule has 0 aromatic rings. The standard InChI is InChI=1S/C12H24N4O2/c13-7-3-1-5-9-11(17)16-10(12(18)15-9)6-2-4-8-14/h9-10H,1-8,13-14H2,(H,15,18)(H,16,17)/t9-,10-/m1/s1. The Morgan fingerprint density at radius 1 is 0.778 bits per heavy atom. The van der Waals surface area contributed by atoms with E-state index in [1.165, 1.54) is 0 Å². The lowest BCUT2D eigenvalue weighted by Gasteiger charge is -2.29. The Labute approximate surface area is 108 Å². The van der Waals surface area contributed by atoms with Crippen LogP contribution in [0.5, 0.6) is 0 Å². The third kappa shape index (κ3) is 4.62. The van der Waals surface area contributed by atoms with Gasteiger partial charge in [0.25, 0.3) is 0 Å². The lowest BCUT2D eigenvalue weighted by Crippen LogP contribution is -2.61. The maximum absolute atomic E-state index is 11.8. The zero-order chi connectivity index (χ0) is 13.4. The zero-order valence-corrected chi connectivity index (χ0v) is 10.8. The molecule has 0 aromatic carbocycles. The predicted molar refractivity (Wildman–Crippen MR) is 69.7 cm³/mol. The van der Waals surface area contributed by atoms with Crippen LogP contribution in [-0.4, -0.2) is 37.0 Å². The fraction of sp³-hybridized carbons (Fsp3) is 0.833. The summed E-state index contributed by atoms with van der Waals surface area (Å²) in [4.78, 5) is 23.6. The van der Waals surface area contributed by atoms with Crippen molar-refractivity contribution in [1.29, 1.82) is 0 Å². The smallest absolute Gasteiger partial charge is 0.243 e. The van der Waals surface area contributed by atoms with Crippen molar-refractivity contribution in [2.45, 2.75) is 50.6 Å². The van der Waals surface area contributed by atoms with Gasteiger partial charge in [0.05, 0.1) is 0 Å². The van der Waals surface area contributed by atoms with Gasteiger partial charge in [0.2, 0.25) is 11.8 Å². The summed E-state index contributed by atoms with van der Waals surface area (Å²) in [6.07, 6.45) is 4.77. The first kappa shape index (κ1) is 14.9. The Kier molecular flexibility index (Phi) is 6.67. The molecule has 0 bridgehead atoms. The number of hydrogen-bond donors (Lipinski definition) is 4. The quantitative estimate of drug-likeness (QED) is 0.427. The van der Waals surface area contributed by atoms with E-state index in [-0.39, 0.29) is 11.8 Å². The fourth-order valence-corrected chi connectivity index (χ4v) is 2.07. The Morgan fingerprint density at radius 3 is 1.50 bits per heavy atom. The van der Waals surface area contributed by atoms with Crippen LogP contribution in [0.15, 0.2) is 0 Å². The van der Waals surface area contributed by atoms with Crippen molar-refractivity contribution in [3.05, 3.63) is 0 Å². The van der Waals surface area contributed by atoms with E-state index in [0.717, 1.165) is 25.7 Å². The molecule has 2 atom stereocenters. The average Bonchev–Trinajstić information content (AvgIpc) is 2.35. The second-order valence-corrected chi connectivity index (χ2v) is 4.69. The van der Waals surface area contributed by atoms with Gasteiger partial charge in [0, 0.05) is 0 Å². The maximum Gasteiger partial charge on any atom is 0.243 e. The number of amides is 2. The first-order valence-electron chi connectivity index (χ1n) is 6.70. The molecule has 0 saturated carbocycles. The summed E-state index contributed by atoms with van der Waals surface area (Å²) in [5, 5.41) is 5.56. The van der Waals surface area contributed by atoms with E-state index in [1.807, 2.05) is 0 Å². The average molecular weight is 256 g/mol. The maximum atomic E-state index is 11.8. The van der Waals surface area contributed by atoms with Crippen molar-refractivity contribution in [2.24, 2.45) is 11.5 Å². The van der Waals surface area contributed by atoms with Gasteiger partial charge in [0.15, 0.2) is 0 Å². The minimum atomic E-state index is -0.394. The molecule has 0 spiro atoms. The van der Waals surface area contributed by atoms with E-state index >= 15 is 0 Å². The first-order valence-corrected chi connectivity index (χ1v) is 6.70. The molecular formula is C12H24N4O2. The van der Waals surface area contributed by atoms with E-state index < -0.39 is 12.1 Å². The second kappa shape index (κ2) is 8.05. The van der Waals surface area contributed by atoms with Crippen molar-refractivity contribution >= 4 is 11.8 Å². The fourth-order valence-electron chi connectivity index (χ4n) is 2.07. The molecule has 6 heteroatoms. The Morgan fingerprint density at radius 2 is 1.17 bits per heavy atom. The lowest BCUT2D eigenvalue weighted by molar-refractivity contribution is -0.137. The van der Waals surface area contributed by atoms with E-state index in [9.17, 15) is 9.59 Å². The minimum Gasteiger partial charge on any atom is -0.343 e. The van der Waals surface area contributed by atoms with Crippen molar-refractivity contribution in [3.8, 4) is 0 Å². The van der Waals surface area contributed by atoms with Crippen molar-refractivity contribution in [1.82, 2.24) is 10.6 Å². The summed E-state index contributed by atoms with van der Waals surface area (Å²) in [5.74, 6) is -0.159. The molecule has 6 nitrogen and oxygen atoms in total. The molecule has 1 rings (SSSR count). The molecule has 0 aliphatic carbocycles. The molecular weight excluding hydrogens is 232 g/mol. The van der Waals surface area contributed by atoms with Gasteiger partial charge in [-0.05, 0) is 51.6 Å². The Balaban J connectivity index is 2.34. The summed E-state index contributed by atoms with van der Waals surface area (Å²) >= 11 is 0. The normalized spacial score (nSPS) is 23.7. The van der Waals surface area contributed by atoms with Crippen LogP contribution in [0.1, 0.15) is 38.5 Å². The lowest BCUT2D eigenvalue weighted by atomic mass is 10.0. The molecule has 0 aromatic heterocycles. The highest BCUT2D eigenvalue weighted by Crippen LogP contribution is 2.09. The van der Waals surface area contributed by atoms with Crippen LogP contribution in [0.2, 0.25) is 0 Å². The highest BCUT2D eigenvalue weighted by Gasteiger charge is 2.32. The third-order valence-corrected chi connectivity index (χ3v) is 3.16. The molecule has 2 amide bonds. The van der Waals surface area contributed by atoms with Crippen LogP contribution < -0.4 is 22.1 Å². The molecule has 0 unspecified atom stereocenters. The number of carbonyl (C=O) groups is 2. The van der Waals surface area contributed by atoms with E-state index in [1.54, 1.807) is 0 Å². The van der Waals surface area contributed by atoms with Crippen LogP contribution in [0.25, 0.3) is 0 Å². The van der Waals surface area contributed by atoms with E-state index in [4.69, 9.17) is 11.5 Å². The summed E-state index contributed by atoms with van der Waals surface area (Å²) in [6, 6.07) is -0.787. The second-order valence-electron chi connectivity index (χ2n) is 4.69. The monoisotopic (exact) mass is 256 g/mol. The minimum absolute atomic E-state index is 0.0793. The summed E-state index contributed by atoms with van der Waals surface area (Å²) < 4.78 is 0. The Hall–Kier alpha value is -1.14. The topological polar surface area (TPSA) is 110 Å². The molecule has 1 heterocycles. The molecule has 1 saturated heterocycles. The van der Waals surface area contributed by atoms with E-state index in [0.29, 0.717) is 25.9 Å². The largest absolute Gasteiger partial charge is 0.343 e. The van der Waals surface area contributed by atoms with Gasteiger partial charge < -0.3 is 22.1 Å². The van der Waals surface area contributed by atoms with Gasteiger partial charge in [-0.25, -0.2) is 0 Å². The number of carbonyl (C=O) groups excluding carboxylic acids is 2. The SMILES string of the molecule is NCCCC[C@H]1NC(=O)[C@@H](CCCCN)NC1=O. The number of unbranched alkanes of at least 4 members (excludes halogenated alkanes) is 2. The molecule has 18 heavy (non-hydrogen) atoms. The van der Waals surface area contributed by atoms with Gasteiger partial charge in [0.1, 0.15) is 12.1 Å². The van der Waals surface area contributed by atoms with E-state index in [2.05, 4.69) is 10.6 Å². The number of hydrogen-bond acceptors (Lipinski definition) is 4. The van der Waals surface area contributed by atoms with Gasteiger partial charge in [-0.15, -0.1) is 0 Å². The highest BCUT2D eigenvalue weighted by atomic mass is 16.2. The molecule has 1 aliphatic heterocycles. The van der Waals surface area contributed by atoms with Crippen molar-refractivity contribution in [3.63, 3.8) is 0 Å². The summed E-state index contributed by atoms with van der Waals surface area (Å²) in [6.45, 7) is 1.23. The van der Waals surface area contributed by atoms with Gasteiger partial charge >= 0.3 is 0 Å².